The topological polar surface area (TPSA) is 79.9 Å². The van der Waals surface area contributed by atoms with Gasteiger partial charge in [-0.2, -0.15) is 0 Å². The summed E-state index contributed by atoms with van der Waals surface area (Å²) in [7, 11) is 4.72. The highest BCUT2D eigenvalue weighted by molar-refractivity contribution is 5.77. The third-order valence-corrected chi connectivity index (χ3v) is 3.27. The number of nitrogens with one attached hydrogen (secondary N) is 2. The van der Waals surface area contributed by atoms with Crippen molar-refractivity contribution < 1.29 is 19.1 Å². The van der Waals surface area contributed by atoms with Crippen molar-refractivity contribution in [3.8, 4) is 5.75 Å². The van der Waals surface area contributed by atoms with Crippen LogP contribution in [0.4, 0.5) is 4.79 Å². The molecule has 1 unspecified atom stereocenters. The van der Waals surface area contributed by atoms with Gasteiger partial charge in [0.25, 0.3) is 5.91 Å². The number of ether oxygens (including phenoxy) is 2. The quantitative estimate of drug-likeness (QED) is 0.691. The average Bonchev–Trinajstić information content (AvgIpc) is 2.63. The van der Waals surface area contributed by atoms with E-state index in [-0.39, 0.29) is 18.6 Å². The second-order valence-electron chi connectivity index (χ2n) is 5.95. The van der Waals surface area contributed by atoms with Gasteiger partial charge in [0.05, 0.1) is 7.11 Å². The van der Waals surface area contributed by atoms with Crippen LogP contribution in [0, 0.1) is 0 Å². The third-order valence-electron chi connectivity index (χ3n) is 3.27. The molecule has 0 aromatic heterocycles. The minimum absolute atomic E-state index is 0.0271. The monoisotopic (exact) mass is 367 g/mol. The zero-order chi connectivity index (χ0) is 19.9. The zero-order valence-electron chi connectivity index (χ0n) is 16.8. The molecule has 0 aliphatic heterocycles. The Balaban J connectivity index is 0.00000194. The van der Waals surface area contributed by atoms with Gasteiger partial charge in [0.1, 0.15) is 5.75 Å². The van der Waals surface area contributed by atoms with Gasteiger partial charge in [-0.05, 0) is 24.6 Å². The molecule has 7 heteroatoms. The van der Waals surface area contributed by atoms with Crippen molar-refractivity contribution in [1.29, 1.82) is 0 Å². The second kappa shape index (κ2) is 13.9. The van der Waals surface area contributed by atoms with E-state index in [2.05, 4.69) is 29.2 Å². The average molecular weight is 367 g/mol. The molecule has 26 heavy (non-hydrogen) atoms. The van der Waals surface area contributed by atoms with Crippen molar-refractivity contribution in [2.45, 2.75) is 33.2 Å². The van der Waals surface area contributed by atoms with Gasteiger partial charge >= 0.3 is 6.09 Å². The van der Waals surface area contributed by atoms with Crippen LogP contribution in [0.2, 0.25) is 0 Å². The van der Waals surface area contributed by atoms with Crippen molar-refractivity contribution in [3.05, 3.63) is 29.8 Å². The lowest BCUT2D eigenvalue weighted by atomic mass is 10.1. The summed E-state index contributed by atoms with van der Waals surface area (Å²) in [6.45, 7) is 7.43. The smallest absolute Gasteiger partial charge is 0.406 e. The Morgan fingerprint density at radius 3 is 2.19 bits per heavy atom. The van der Waals surface area contributed by atoms with E-state index in [1.165, 1.54) is 18.4 Å². The number of methoxy groups -OCH3 is 1. The minimum atomic E-state index is -0.437. The normalized spacial score (nSPS) is 10.8. The first-order valence-corrected chi connectivity index (χ1v) is 8.83. The van der Waals surface area contributed by atoms with Crippen LogP contribution < -0.4 is 15.4 Å². The second-order valence-corrected chi connectivity index (χ2v) is 5.95. The van der Waals surface area contributed by atoms with E-state index in [0.29, 0.717) is 18.8 Å². The molecule has 0 saturated heterocycles. The van der Waals surface area contributed by atoms with Crippen LogP contribution in [0.25, 0.3) is 0 Å². The number of amides is 2. The molecule has 1 aromatic rings. The Morgan fingerprint density at radius 2 is 1.69 bits per heavy atom. The molecule has 2 N–H and O–H groups in total. The van der Waals surface area contributed by atoms with Crippen LogP contribution in [-0.4, -0.2) is 57.8 Å². The molecular formula is C19H33N3O4. The van der Waals surface area contributed by atoms with Gasteiger partial charge in [0.15, 0.2) is 6.61 Å². The summed E-state index contributed by atoms with van der Waals surface area (Å²) < 4.78 is 9.92. The van der Waals surface area contributed by atoms with Gasteiger partial charge in [0.2, 0.25) is 0 Å². The summed E-state index contributed by atoms with van der Waals surface area (Å²) in [6, 6.07) is 7.69. The van der Waals surface area contributed by atoms with E-state index in [1.54, 1.807) is 14.1 Å². The molecule has 0 heterocycles. The molecule has 1 rings (SSSR count). The highest BCUT2D eigenvalue weighted by atomic mass is 16.5. The molecule has 0 saturated carbocycles. The predicted octanol–water partition coefficient (Wildman–Crippen LogP) is 2.58. The van der Waals surface area contributed by atoms with Gasteiger partial charge in [0, 0.05) is 33.2 Å². The zero-order valence-corrected chi connectivity index (χ0v) is 16.8. The number of hydrogen-bond donors (Lipinski definition) is 2. The molecule has 7 nitrogen and oxygen atoms in total. The highest BCUT2D eigenvalue weighted by Gasteiger charge is 2.07. The molecule has 148 valence electrons. The molecule has 0 fully saturated rings. The van der Waals surface area contributed by atoms with E-state index in [1.807, 2.05) is 31.2 Å². The Kier molecular flexibility index (Phi) is 12.7. The molecule has 0 radical (unpaired) electrons. The minimum Gasteiger partial charge on any atom is -0.484 e. The fourth-order valence-electron chi connectivity index (χ4n) is 1.77. The van der Waals surface area contributed by atoms with Gasteiger partial charge in [-0.25, -0.2) is 4.79 Å². The first-order chi connectivity index (χ1) is 12.3. The standard InChI is InChI=1S/C16H25N3O4.C3H8/c1-12(17-9-10-18-16(21)22-4)13-5-7-14(8-6-13)23-11-15(20)19(2)3;1-3-2/h5-8,12,17H,9-11H2,1-4H3,(H,18,21);3H2,1-2H3. The first-order valence-electron chi connectivity index (χ1n) is 8.83. The van der Waals surface area contributed by atoms with E-state index in [9.17, 15) is 9.59 Å². The van der Waals surface area contributed by atoms with E-state index in [4.69, 9.17) is 4.74 Å². The Labute approximate surface area is 157 Å². The van der Waals surface area contributed by atoms with Gasteiger partial charge < -0.3 is 25.0 Å². The highest BCUT2D eigenvalue weighted by Crippen LogP contribution is 2.17. The number of hydrogen-bond acceptors (Lipinski definition) is 5. The molecule has 2 amide bonds. The van der Waals surface area contributed by atoms with Crippen molar-refractivity contribution in [1.82, 2.24) is 15.5 Å². The Bertz CT molecular complexity index is 518. The number of likely N-dealkylation sites (N-methyl/N-ethyl adjacent to an activating group) is 1. The van der Waals surface area contributed by atoms with Crippen LogP contribution in [0.5, 0.6) is 5.75 Å². The molecule has 0 aliphatic rings. The summed E-state index contributed by atoms with van der Waals surface area (Å²) in [5.74, 6) is 0.575. The third kappa shape index (κ3) is 10.6. The number of carbonyl (C=O) groups excluding carboxylic acids is 2. The molecule has 1 aromatic carbocycles. The lowest BCUT2D eigenvalue weighted by Gasteiger charge is -2.15. The van der Waals surface area contributed by atoms with Crippen molar-refractivity contribution >= 4 is 12.0 Å². The number of alkyl carbamates (subject to hydrolysis) is 1. The summed E-state index contributed by atoms with van der Waals surface area (Å²) in [6.07, 6.45) is 0.813. The maximum atomic E-state index is 11.5. The SMILES string of the molecule is CCC.COC(=O)NCCNC(C)c1ccc(OCC(=O)N(C)C)cc1. The van der Waals surface area contributed by atoms with Crippen molar-refractivity contribution in [3.63, 3.8) is 0 Å². The van der Waals surface area contributed by atoms with E-state index < -0.39 is 6.09 Å². The largest absolute Gasteiger partial charge is 0.484 e. The maximum Gasteiger partial charge on any atom is 0.406 e. The van der Waals surface area contributed by atoms with Crippen LogP contribution >= 0.6 is 0 Å². The number of benzene rings is 1. The van der Waals surface area contributed by atoms with Crippen LogP contribution in [0.3, 0.4) is 0 Å². The van der Waals surface area contributed by atoms with E-state index >= 15 is 0 Å². The lowest BCUT2D eigenvalue weighted by molar-refractivity contribution is -0.130. The molecule has 0 aliphatic carbocycles. The Hall–Kier alpha value is -2.28. The van der Waals surface area contributed by atoms with Crippen LogP contribution in [0.15, 0.2) is 24.3 Å². The van der Waals surface area contributed by atoms with Crippen molar-refractivity contribution in [2.24, 2.45) is 0 Å². The number of rotatable bonds is 8. The van der Waals surface area contributed by atoms with Gasteiger partial charge in [-0.1, -0.05) is 32.4 Å². The summed E-state index contributed by atoms with van der Waals surface area (Å²) in [5, 5.41) is 5.90. The molecule has 0 spiro atoms. The van der Waals surface area contributed by atoms with Crippen LogP contribution in [-0.2, 0) is 9.53 Å². The molecule has 0 bridgehead atoms. The van der Waals surface area contributed by atoms with Crippen LogP contribution in [0.1, 0.15) is 38.8 Å². The summed E-state index contributed by atoms with van der Waals surface area (Å²) in [4.78, 5) is 23.9. The molecule has 1 atom stereocenters. The summed E-state index contributed by atoms with van der Waals surface area (Å²) >= 11 is 0. The van der Waals surface area contributed by atoms with Gasteiger partial charge in [-0.15, -0.1) is 0 Å². The summed E-state index contributed by atoms with van der Waals surface area (Å²) in [5.41, 5.74) is 1.09. The Morgan fingerprint density at radius 1 is 1.12 bits per heavy atom. The van der Waals surface area contributed by atoms with E-state index in [0.717, 1.165) is 5.56 Å². The fourth-order valence-corrected chi connectivity index (χ4v) is 1.77. The first kappa shape index (κ1) is 23.7. The number of nitrogens with zero attached hydrogens (tertiary/aromatic N) is 1. The van der Waals surface area contributed by atoms with Gasteiger partial charge in [-0.3, -0.25) is 4.79 Å². The fraction of sp³-hybridized carbons (Fsp3) is 0.579. The van der Waals surface area contributed by atoms with Crippen molar-refractivity contribution in [2.75, 3.05) is 40.9 Å². The maximum absolute atomic E-state index is 11.5. The molecular weight excluding hydrogens is 334 g/mol. The lowest BCUT2D eigenvalue weighted by Crippen LogP contribution is -2.32. The predicted molar refractivity (Wildman–Crippen MR) is 103 cm³/mol. The number of carbonyl (C=O) groups is 2.